The maximum Gasteiger partial charge on any atom is 0.159 e. The minimum Gasteiger partial charge on any atom is -0.366 e. The fraction of sp³-hybridized carbons (Fsp3) is 0.667. The van der Waals surface area contributed by atoms with E-state index in [1.165, 1.54) is 25.6 Å². The van der Waals surface area contributed by atoms with Crippen molar-refractivity contribution in [3.63, 3.8) is 0 Å². The monoisotopic (exact) mass is 309 g/mol. The largest absolute Gasteiger partial charge is 0.366 e. The van der Waals surface area contributed by atoms with Crippen molar-refractivity contribution in [1.29, 1.82) is 0 Å². The van der Waals surface area contributed by atoms with Crippen LogP contribution < -0.4 is 16.6 Å². The van der Waals surface area contributed by atoms with Crippen molar-refractivity contribution >= 4 is 27.6 Å². The van der Waals surface area contributed by atoms with Crippen LogP contribution in [0.4, 0.5) is 11.6 Å². The fourth-order valence-corrected chi connectivity index (χ4v) is 4.68. The van der Waals surface area contributed by atoms with Gasteiger partial charge in [0.05, 0.1) is 0 Å². The fourth-order valence-electron chi connectivity index (χ4n) is 4.25. The molecule has 0 radical (unpaired) electrons. The van der Waals surface area contributed by atoms with Crippen molar-refractivity contribution in [2.45, 2.75) is 25.3 Å². The molecule has 1 heterocycles. The van der Waals surface area contributed by atoms with Gasteiger partial charge in [-0.05, 0) is 58.9 Å². The summed E-state index contributed by atoms with van der Waals surface area (Å²) in [7, 11) is 0. The average molecular weight is 310 g/mol. The molecule has 3 aliphatic rings. The van der Waals surface area contributed by atoms with Crippen LogP contribution >= 0.6 is 15.9 Å². The zero-order chi connectivity index (χ0) is 12.3. The summed E-state index contributed by atoms with van der Waals surface area (Å²) in [4.78, 5) is 8.37. The smallest absolute Gasteiger partial charge is 0.159 e. The Kier molecular flexibility index (Phi) is 2.32. The van der Waals surface area contributed by atoms with E-state index in [0.717, 1.165) is 34.0 Å². The summed E-state index contributed by atoms with van der Waals surface area (Å²) >= 11 is 3.49. The molecule has 0 saturated heterocycles. The standard InChI is InChI=1S/C12H16BrN5/c13-9-11(15-4-16-12(9)18-14)17-10-7-5-1-2-6(3-5)8(7)10/h4-8,10H,1-3,14H2,(H2,15,16,17,18). The molecule has 0 amide bonds. The molecule has 4 unspecified atom stereocenters. The summed E-state index contributed by atoms with van der Waals surface area (Å²) in [5.74, 6) is 10.6. The molecular weight excluding hydrogens is 294 g/mol. The summed E-state index contributed by atoms with van der Waals surface area (Å²) in [6, 6.07) is 0.619. The van der Waals surface area contributed by atoms with Crippen molar-refractivity contribution in [2.24, 2.45) is 29.5 Å². The molecule has 3 fully saturated rings. The lowest BCUT2D eigenvalue weighted by atomic mass is 10.0. The van der Waals surface area contributed by atoms with Gasteiger partial charge in [0.25, 0.3) is 0 Å². The van der Waals surface area contributed by atoms with E-state index in [2.05, 4.69) is 36.6 Å². The number of hydrogen-bond acceptors (Lipinski definition) is 5. The summed E-state index contributed by atoms with van der Waals surface area (Å²) in [6.07, 6.45) is 5.87. The minimum absolute atomic E-state index is 0.619. The van der Waals surface area contributed by atoms with Crippen molar-refractivity contribution < 1.29 is 0 Å². The Bertz CT molecular complexity index is 477. The molecule has 0 aliphatic heterocycles. The lowest BCUT2D eigenvalue weighted by Crippen LogP contribution is -2.16. The minimum atomic E-state index is 0.619. The third-order valence-corrected chi connectivity index (χ3v) is 5.72. The number of halogens is 1. The number of rotatable bonds is 3. The van der Waals surface area contributed by atoms with Gasteiger partial charge in [0.1, 0.15) is 16.6 Å². The zero-order valence-electron chi connectivity index (χ0n) is 9.94. The van der Waals surface area contributed by atoms with Crippen molar-refractivity contribution in [2.75, 3.05) is 10.7 Å². The molecule has 3 saturated carbocycles. The SMILES string of the molecule is NNc1ncnc(NC2C3C4CCC(C4)C23)c1Br. The second-order valence-electron chi connectivity index (χ2n) is 5.69. The highest BCUT2D eigenvalue weighted by atomic mass is 79.9. The quantitative estimate of drug-likeness (QED) is 0.588. The van der Waals surface area contributed by atoms with E-state index in [1.807, 2.05) is 0 Å². The molecule has 96 valence electrons. The van der Waals surface area contributed by atoms with Crippen LogP contribution in [-0.4, -0.2) is 16.0 Å². The number of nitrogens with zero attached hydrogens (tertiary/aromatic N) is 2. The van der Waals surface area contributed by atoms with Crippen molar-refractivity contribution in [3.05, 3.63) is 10.8 Å². The predicted molar refractivity (Wildman–Crippen MR) is 72.8 cm³/mol. The van der Waals surface area contributed by atoms with E-state index in [-0.39, 0.29) is 0 Å². The summed E-state index contributed by atoms with van der Waals surface area (Å²) in [5.41, 5.74) is 2.57. The molecule has 0 aromatic carbocycles. The zero-order valence-corrected chi connectivity index (χ0v) is 11.5. The van der Waals surface area contributed by atoms with Gasteiger partial charge < -0.3 is 10.7 Å². The highest BCUT2D eigenvalue weighted by Gasteiger charge is 2.65. The van der Waals surface area contributed by atoms with Gasteiger partial charge in [-0.1, -0.05) is 0 Å². The molecule has 4 atom stereocenters. The average Bonchev–Trinajstić information content (AvgIpc) is 2.79. The van der Waals surface area contributed by atoms with E-state index >= 15 is 0 Å². The first kappa shape index (κ1) is 11.0. The number of aromatic nitrogens is 2. The summed E-state index contributed by atoms with van der Waals surface area (Å²) in [5, 5.41) is 3.57. The molecule has 5 nitrogen and oxygen atoms in total. The van der Waals surface area contributed by atoms with E-state index in [1.54, 1.807) is 0 Å². The van der Waals surface area contributed by atoms with Crippen LogP contribution in [0, 0.1) is 23.7 Å². The van der Waals surface area contributed by atoms with Gasteiger partial charge in [-0.3, -0.25) is 0 Å². The Morgan fingerprint density at radius 2 is 1.83 bits per heavy atom. The lowest BCUT2D eigenvalue weighted by molar-refractivity contribution is 0.456. The number of hydrogen-bond donors (Lipinski definition) is 3. The molecule has 1 aromatic rings. The summed E-state index contributed by atoms with van der Waals surface area (Å²) < 4.78 is 0.824. The normalized spacial score (nSPS) is 39.6. The number of hydrazine groups is 1. The van der Waals surface area contributed by atoms with Gasteiger partial charge in [0.15, 0.2) is 5.82 Å². The van der Waals surface area contributed by atoms with E-state index in [0.29, 0.717) is 11.9 Å². The molecule has 18 heavy (non-hydrogen) atoms. The first-order valence-electron chi connectivity index (χ1n) is 6.53. The molecule has 0 spiro atoms. The van der Waals surface area contributed by atoms with Gasteiger partial charge in [-0.25, -0.2) is 15.8 Å². The second-order valence-corrected chi connectivity index (χ2v) is 6.48. The Morgan fingerprint density at radius 1 is 1.17 bits per heavy atom. The maximum absolute atomic E-state index is 5.41. The van der Waals surface area contributed by atoms with Gasteiger partial charge in [0.2, 0.25) is 0 Å². The third kappa shape index (κ3) is 1.42. The topological polar surface area (TPSA) is 75.9 Å². The Labute approximate surface area is 114 Å². The van der Waals surface area contributed by atoms with Crippen LogP contribution in [-0.2, 0) is 0 Å². The van der Waals surface area contributed by atoms with Crippen LogP contribution in [0.1, 0.15) is 19.3 Å². The molecule has 2 bridgehead atoms. The number of nitrogens with one attached hydrogen (secondary N) is 2. The molecule has 4 rings (SSSR count). The van der Waals surface area contributed by atoms with E-state index < -0.39 is 0 Å². The van der Waals surface area contributed by atoms with Gasteiger partial charge in [-0.2, -0.15) is 0 Å². The number of nitrogens with two attached hydrogens (primary N) is 1. The van der Waals surface area contributed by atoms with Gasteiger partial charge >= 0.3 is 0 Å². The number of fused-ring (bicyclic) bond motifs is 5. The van der Waals surface area contributed by atoms with Gasteiger partial charge in [0, 0.05) is 6.04 Å². The van der Waals surface area contributed by atoms with Crippen molar-refractivity contribution in [1.82, 2.24) is 9.97 Å². The maximum atomic E-state index is 5.41. The Hall–Kier alpha value is -0.880. The first-order valence-corrected chi connectivity index (χ1v) is 7.32. The van der Waals surface area contributed by atoms with E-state index in [9.17, 15) is 0 Å². The third-order valence-electron chi connectivity index (χ3n) is 4.96. The van der Waals surface area contributed by atoms with Crippen LogP contribution in [0.5, 0.6) is 0 Å². The molecule has 3 aliphatic carbocycles. The predicted octanol–water partition coefficient (Wildman–Crippen LogP) is 1.98. The van der Waals surface area contributed by atoms with Crippen LogP contribution in [0.2, 0.25) is 0 Å². The number of nitrogen functional groups attached to an aromatic ring is 1. The van der Waals surface area contributed by atoms with Crippen molar-refractivity contribution in [3.8, 4) is 0 Å². The summed E-state index contributed by atoms with van der Waals surface area (Å²) in [6.45, 7) is 0. The Balaban J connectivity index is 1.54. The second kappa shape index (κ2) is 3.81. The highest BCUT2D eigenvalue weighted by molar-refractivity contribution is 9.10. The van der Waals surface area contributed by atoms with E-state index in [4.69, 9.17) is 5.84 Å². The highest BCUT2D eigenvalue weighted by Crippen LogP contribution is 2.66. The lowest BCUT2D eigenvalue weighted by Gasteiger charge is -2.13. The number of anilines is 2. The van der Waals surface area contributed by atoms with Crippen LogP contribution in [0.25, 0.3) is 0 Å². The molecular formula is C12H16BrN5. The van der Waals surface area contributed by atoms with Crippen LogP contribution in [0.3, 0.4) is 0 Å². The van der Waals surface area contributed by atoms with Gasteiger partial charge in [-0.15, -0.1) is 0 Å². The molecule has 4 N–H and O–H groups in total. The molecule has 1 aromatic heterocycles. The first-order chi connectivity index (χ1) is 8.79. The Morgan fingerprint density at radius 3 is 2.50 bits per heavy atom. The van der Waals surface area contributed by atoms with Crippen LogP contribution in [0.15, 0.2) is 10.8 Å². The molecule has 6 heteroatoms.